The molecule has 0 saturated carbocycles. The number of Topliss-reactive ketones (excluding diaryl/α,β-unsaturated/α-hetero) is 1. The van der Waals surface area contributed by atoms with Gasteiger partial charge in [-0.05, 0) is 57.5 Å². The van der Waals surface area contributed by atoms with E-state index in [1.54, 1.807) is 43.3 Å². The van der Waals surface area contributed by atoms with Crippen LogP contribution in [0.1, 0.15) is 36.7 Å². The lowest BCUT2D eigenvalue weighted by Gasteiger charge is -2.18. The highest BCUT2D eigenvalue weighted by Gasteiger charge is 2.24. The molecule has 0 aliphatic heterocycles. The molecule has 2 rings (SSSR count). The van der Waals surface area contributed by atoms with Gasteiger partial charge < -0.3 is 14.8 Å². The summed E-state index contributed by atoms with van der Waals surface area (Å²) < 4.78 is 10.7. The summed E-state index contributed by atoms with van der Waals surface area (Å²) in [6, 6.07) is 13.9. The first-order valence-electron chi connectivity index (χ1n) is 8.62. The van der Waals surface area contributed by atoms with E-state index in [0.29, 0.717) is 17.0 Å². The van der Waals surface area contributed by atoms with E-state index in [-0.39, 0.29) is 5.78 Å². The molecule has 0 aliphatic rings. The highest BCUT2D eigenvalue weighted by atomic mass is 16.6. The van der Waals surface area contributed by atoms with Gasteiger partial charge >= 0.3 is 5.97 Å². The van der Waals surface area contributed by atoms with E-state index in [2.05, 4.69) is 5.32 Å². The number of hydrogen-bond acceptors (Lipinski definition) is 5. The Morgan fingerprint density at radius 1 is 0.963 bits per heavy atom. The Kier molecular flexibility index (Phi) is 6.71. The highest BCUT2D eigenvalue weighted by Crippen LogP contribution is 2.17. The second kappa shape index (κ2) is 8.98. The van der Waals surface area contributed by atoms with Crippen molar-refractivity contribution in [1.82, 2.24) is 0 Å². The Bertz CT molecular complexity index is 846. The zero-order valence-electron chi connectivity index (χ0n) is 15.8. The zero-order chi connectivity index (χ0) is 20.0. The first kappa shape index (κ1) is 20.2. The number of amides is 1. The lowest BCUT2D eigenvalue weighted by Crippen LogP contribution is -2.35. The van der Waals surface area contributed by atoms with Crippen molar-refractivity contribution in [1.29, 1.82) is 0 Å². The molecule has 2 aromatic rings. The predicted octanol–water partition coefficient (Wildman–Crippen LogP) is 3.54. The fourth-order valence-electron chi connectivity index (χ4n) is 2.40. The third-order valence-corrected chi connectivity index (χ3v) is 3.86. The Morgan fingerprint density at radius 3 is 2.33 bits per heavy atom. The lowest BCUT2D eigenvalue weighted by molar-refractivity contribution is -0.159. The minimum absolute atomic E-state index is 0.171. The smallest absolute Gasteiger partial charge is 0.347 e. The number of aryl methyl sites for hydroxylation is 1. The summed E-state index contributed by atoms with van der Waals surface area (Å²) in [5, 5.41) is 2.62. The number of ketones is 1. The number of nitrogens with one attached hydrogen (secondary N) is 1. The van der Waals surface area contributed by atoms with Gasteiger partial charge in [-0.25, -0.2) is 4.79 Å². The minimum atomic E-state index is -1.04. The summed E-state index contributed by atoms with van der Waals surface area (Å²) in [7, 11) is 0. The lowest BCUT2D eigenvalue weighted by atomic mass is 10.1. The summed E-state index contributed by atoms with van der Waals surface area (Å²) >= 11 is 0. The van der Waals surface area contributed by atoms with Gasteiger partial charge in [-0.2, -0.15) is 0 Å². The number of rotatable bonds is 7. The van der Waals surface area contributed by atoms with Gasteiger partial charge in [0.15, 0.2) is 18.0 Å². The molecule has 0 spiro atoms. The van der Waals surface area contributed by atoms with E-state index in [1.165, 1.54) is 13.8 Å². The first-order valence-corrected chi connectivity index (χ1v) is 8.62. The highest BCUT2D eigenvalue weighted by molar-refractivity contribution is 6.04. The van der Waals surface area contributed by atoms with Gasteiger partial charge in [0.05, 0.1) is 5.69 Å². The van der Waals surface area contributed by atoms with Crippen molar-refractivity contribution in [2.45, 2.75) is 39.9 Å². The molecule has 6 nitrogen and oxygen atoms in total. The third-order valence-electron chi connectivity index (χ3n) is 3.86. The Labute approximate surface area is 158 Å². The van der Waals surface area contributed by atoms with Crippen LogP contribution in [0, 0.1) is 6.92 Å². The van der Waals surface area contributed by atoms with Crippen LogP contribution in [0.2, 0.25) is 0 Å². The van der Waals surface area contributed by atoms with Crippen molar-refractivity contribution in [3.63, 3.8) is 0 Å². The molecule has 0 radical (unpaired) electrons. The fraction of sp³-hybridized carbons (Fsp3) is 0.286. The maximum Gasteiger partial charge on any atom is 0.347 e. The number of carbonyl (C=O) groups excluding carboxylic acids is 3. The molecule has 0 bridgehead atoms. The Hall–Kier alpha value is -3.15. The van der Waals surface area contributed by atoms with E-state index in [4.69, 9.17) is 9.47 Å². The molecule has 27 heavy (non-hydrogen) atoms. The van der Waals surface area contributed by atoms with Crippen LogP contribution in [0.4, 0.5) is 5.69 Å². The monoisotopic (exact) mass is 369 g/mol. The van der Waals surface area contributed by atoms with Crippen LogP contribution >= 0.6 is 0 Å². The van der Waals surface area contributed by atoms with Gasteiger partial charge in [-0.3, -0.25) is 9.59 Å². The number of carbonyl (C=O) groups is 3. The Balaban J connectivity index is 1.95. The molecule has 0 unspecified atom stereocenters. The van der Waals surface area contributed by atoms with Crippen molar-refractivity contribution >= 4 is 23.3 Å². The quantitative estimate of drug-likeness (QED) is 0.596. The SMILES string of the molecule is CC(=O)c1ccccc1NC(=O)[C@@H](C)OC(=O)[C@@H](C)Oc1cccc(C)c1. The van der Waals surface area contributed by atoms with Crippen LogP contribution in [0.25, 0.3) is 0 Å². The molecule has 0 fully saturated rings. The van der Waals surface area contributed by atoms with Crippen LogP contribution in [0.5, 0.6) is 5.75 Å². The average molecular weight is 369 g/mol. The second-order valence-electron chi connectivity index (χ2n) is 6.25. The standard InChI is InChI=1S/C21H23NO5/c1-13-8-7-9-17(12-13)26-16(4)21(25)27-15(3)20(24)22-19-11-6-5-10-18(19)14(2)23/h5-12,15-16H,1-4H3,(H,22,24)/t15-,16-/m1/s1. The van der Waals surface area contributed by atoms with Gasteiger partial charge in [0, 0.05) is 5.56 Å². The van der Waals surface area contributed by atoms with E-state index >= 15 is 0 Å². The molecule has 2 atom stereocenters. The van der Waals surface area contributed by atoms with Crippen molar-refractivity contribution in [2.75, 3.05) is 5.32 Å². The summed E-state index contributed by atoms with van der Waals surface area (Å²) in [5.74, 6) is -0.804. The zero-order valence-corrected chi connectivity index (χ0v) is 15.8. The fourth-order valence-corrected chi connectivity index (χ4v) is 2.40. The third kappa shape index (κ3) is 5.67. The molecule has 0 saturated heterocycles. The van der Waals surface area contributed by atoms with Gasteiger partial charge in [0.25, 0.3) is 5.91 Å². The van der Waals surface area contributed by atoms with Crippen LogP contribution in [0.3, 0.4) is 0 Å². The second-order valence-corrected chi connectivity index (χ2v) is 6.25. The van der Waals surface area contributed by atoms with E-state index in [9.17, 15) is 14.4 Å². The molecule has 1 N–H and O–H groups in total. The summed E-state index contributed by atoms with van der Waals surface area (Å²) in [6.45, 7) is 6.35. The summed E-state index contributed by atoms with van der Waals surface area (Å²) in [4.78, 5) is 36.1. The van der Waals surface area contributed by atoms with Crippen molar-refractivity contribution < 1.29 is 23.9 Å². The maximum absolute atomic E-state index is 12.3. The number of para-hydroxylation sites is 1. The van der Waals surface area contributed by atoms with Crippen LogP contribution in [-0.2, 0) is 14.3 Å². The first-order chi connectivity index (χ1) is 12.8. The molecule has 142 valence electrons. The number of hydrogen-bond donors (Lipinski definition) is 1. The molecule has 1 amide bonds. The predicted molar refractivity (Wildman–Crippen MR) is 102 cm³/mol. The number of benzene rings is 2. The van der Waals surface area contributed by atoms with Crippen molar-refractivity contribution in [3.05, 3.63) is 59.7 Å². The normalized spacial score (nSPS) is 12.6. The Morgan fingerprint density at radius 2 is 1.67 bits per heavy atom. The summed E-state index contributed by atoms with van der Waals surface area (Å²) in [6.07, 6.45) is -1.91. The topological polar surface area (TPSA) is 81.7 Å². The molecule has 0 aromatic heterocycles. The van der Waals surface area contributed by atoms with Crippen LogP contribution in [-0.4, -0.2) is 29.9 Å². The van der Waals surface area contributed by atoms with Gasteiger partial charge in [-0.15, -0.1) is 0 Å². The van der Waals surface area contributed by atoms with Crippen LogP contribution < -0.4 is 10.1 Å². The summed E-state index contributed by atoms with van der Waals surface area (Å²) in [5.41, 5.74) is 1.77. The van der Waals surface area contributed by atoms with Gasteiger partial charge in [-0.1, -0.05) is 24.3 Å². The molecular formula is C21H23NO5. The molecule has 6 heteroatoms. The van der Waals surface area contributed by atoms with Crippen molar-refractivity contribution in [2.24, 2.45) is 0 Å². The number of esters is 1. The molecule has 2 aromatic carbocycles. The number of ether oxygens (including phenoxy) is 2. The van der Waals surface area contributed by atoms with Crippen molar-refractivity contribution in [3.8, 4) is 5.75 Å². The molecular weight excluding hydrogens is 346 g/mol. The van der Waals surface area contributed by atoms with Gasteiger partial charge in [0.1, 0.15) is 5.75 Å². The minimum Gasteiger partial charge on any atom is -0.479 e. The largest absolute Gasteiger partial charge is 0.479 e. The average Bonchev–Trinajstić information content (AvgIpc) is 2.61. The van der Waals surface area contributed by atoms with E-state index in [0.717, 1.165) is 5.56 Å². The maximum atomic E-state index is 12.3. The van der Waals surface area contributed by atoms with Gasteiger partial charge in [0.2, 0.25) is 0 Å². The molecule has 0 aliphatic carbocycles. The van der Waals surface area contributed by atoms with E-state index < -0.39 is 24.1 Å². The van der Waals surface area contributed by atoms with Crippen LogP contribution in [0.15, 0.2) is 48.5 Å². The van der Waals surface area contributed by atoms with E-state index in [1.807, 2.05) is 19.1 Å². The molecule has 0 heterocycles. The number of anilines is 1.